The SMILES string of the molecule is Cn1c(=O)c2c(ncn2Cc2ccc(Cl)cc2Cl)n(C)c1=O. The van der Waals surface area contributed by atoms with Gasteiger partial charge in [-0.15, -0.1) is 0 Å². The molecule has 22 heavy (non-hydrogen) atoms. The van der Waals surface area contributed by atoms with Crippen molar-refractivity contribution in [2.75, 3.05) is 0 Å². The van der Waals surface area contributed by atoms with Crippen LogP contribution in [0.3, 0.4) is 0 Å². The van der Waals surface area contributed by atoms with Gasteiger partial charge in [0.25, 0.3) is 5.56 Å². The molecule has 1 aromatic carbocycles. The van der Waals surface area contributed by atoms with Gasteiger partial charge in [-0.1, -0.05) is 29.3 Å². The van der Waals surface area contributed by atoms with Gasteiger partial charge in [0.05, 0.1) is 12.9 Å². The molecule has 0 amide bonds. The number of halogens is 2. The van der Waals surface area contributed by atoms with Crippen LogP contribution in [0.25, 0.3) is 11.2 Å². The number of aromatic nitrogens is 4. The second kappa shape index (κ2) is 5.30. The fourth-order valence-electron chi connectivity index (χ4n) is 2.35. The molecule has 114 valence electrons. The van der Waals surface area contributed by atoms with Crippen LogP contribution in [0.4, 0.5) is 0 Å². The van der Waals surface area contributed by atoms with E-state index in [1.807, 2.05) is 0 Å². The zero-order valence-corrected chi connectivity index (χ0v) is 13.4. The second-order valence-electron chi connectivity index (χ2n) is 4.99. The summed E-state index contributed by atoms with van der Waals surface area (Å²) in [4.78, 5) is 28.4. The van der Waals surface area contributed by atoms with Crippen LogP contribution in [0.5, 0.6) is 0 Å². The largest absolute Gasteiger partial charge is 0.332 e. The van der Waals surface area contributed by atoms with E-state index in [4.69, 9.17) is 23.2 Å². The molecule has 2 heterocycles. The van der Waals surface area contributed by atoms with Crippen LogP contribution in [0.1, 0.15) is 5.56 Å². The van der Waals surface area contributed by atoms with Gasteiger partial charge in [-0.2, -0.15) is 0 Å². The van der Waals surface area contributed by atoms with Gasteiger partial charge in [0.2, 0.25) is 0 Å². The lowest BCUT2D eigenvalue weighted by atomic mass is 10.2. The Hall–Kier alpha value is -2.05. The number of nitrogens with zero attached hydrogens (tertiary/aromatic N) is 4. The first-order valence-electron chi connectivity index (χ1n) is 6.45. The maximum atomic E-state index is 12.3. The van der Waals surface area contributed by atoms with Gasteiger partial charge >= 0.3 is 5.69 Å². The molecule has 0 saturated carbocycles. The molecule has 6 nitrogen and oxygen atoms in total. The third-order valence-corrected chi connectivity index (χ3v) is 4.16. The molecule has 0 unspecified atom stereocenters. The Bertz CT molecular complexity index is 1000. The van der Waals surface area contributed by atoms with E-state index in [9.17, 15) is 9.59 Å². The van der Waals surface area contributed by atoms with Crippen molar-refractivity contribution in [2.45, 2.75) is 6.54 Å². The summed E-state index contributed by atoms with van der Waals surface area (Å²) in [6, 6.07) is 5.17. The monoisotopic (exact) mass is 338 g/mol. The van der Waals surface area contributed by atoms with Crippen molar-refractivity contribution in [2.24, 2.45) is 14.1 Å². The molecule has 3 aromatic rings. The summed E-state index contributed by atoms with van der Waals surface area (Å²) in [5.41, 5.74) is 0.711. The van der Waals surface area contributed by atoms with Gasteiger partial charge in [0, 0.05) is 24.1 Å². The van der Waals surface area contributed by atoms with Gasteiger partial charge in [-0.25, -0.2) is 9.78 Å². The number of aryl methyl sites for hydroxylation is 1. The van der Waals surface area contributed by atoms with E-state index in [1.165, 1.54) is 17.9 Å². The maximum absolute atomic E-state index is 12.3. The van der Waals surface area contributed by atoms with Crippen molar-refractivity contribution in [3.05, 3.63) is 61.0 Å². The molecule has 3 rings (SSSR count). The Labute approximate surface area is 135 Å². The van der Waals surface area contributed by atoms with E-state index in [0.29, 0.717) is 27.8 Å². The summed E-state index contributed by atoms with van der Waals surface area (Å²) >= 11 is 12.1. The predicted octanol–water partition coefficient (Wildman–Crippen LogP) is 1.79. The van der Waals surface area contributed by atoms with Gasteiger partial charge < -0.3 is 4.57 Å². The number of benzene rings is 1. The summed E-state index contributed by atoms with van der Waals surface area (Å²) in [5.74, 6) is 0. The summed E-state index contributed by atoms with van der Waals surface area (Å²) in [6.07, 6.45) is 1.52. The lowest BCUT2D eigenvalue weighted by Gasteiger charge is -2.08. The van der Waals surface area contributed by atoms with Crippen LogP contribution in [0.2, 0.25) is 10.0 Å². The van der Waals surface area contributed by atoms with E-state index in [2.05, 4.69) is 4.98 Å². The van der Waals surface area contributed by atoms with Crippen LogP contribution in [0.15, 0.2) is 34.1 Å². The highest BCUT2D eigenvalue weighted by atomic mass is 35.5. The number of fused-ring (bicyclic) bond motifs is 1. The Morgan fingerprint density at radius 1 is 1.14 bits per heavy atom. The zero-order chi connectivity index (χ0) is 16.0. The molecule has 0 spiro atoms. The predicted molar refractivity (Wildman–Crippen MR) is 85.8 cm³/mol. The molecule has 0 fully saturated rings. The van der Waals surface area contributed by atoms with Crippen LogP contribution in [0, 0.1) is 0 Å². The molecule has 0 radical (unpaired) electrons. The van der Waals surface area contributed by atoms with Crippen molar-refractivity contribution in [1.82, 2.24) is 18.7 Å². The van der Waals surface area contributed by atoms with Crippen molar-refractivity contribution in [3.8, 4) is 0 Å². The Morgan fingerprint density at radius 2 is 1.86 bits per heavy atom. The van der Waals surface area contributed by atoms with Crippen molar-refractivity contribution in [3.63, 3.8) is 0 Å². The summed E-state index contributed by atoms with van der Waals surface area (Å²) in [6.45, 7) is 0.361. The Kier molecular flexibility index (Phi) is 3.58. The molecule has 0 atom stereocenters. The minimum Gasteiger partial charge on any atom is -0.320 e. The van der Waals surface area contributed by atoms with Crippen LogP contribution in [-0.2, 0) is 20.6 Å². The number of imidazole rings is 1. The molecule has 8 heteroatoms. The first-order valence-corrected chi connectivity index (χ1v) is 7.20. The highest BCUT2D eigenvalue weighted by Gasteiger charge is 2.15. The van der Waals surface area contributed by atoms with Crippen LogP contribution in [-0.4, -0.2) is 18.7 Å². The van der Waals surface area contributed by atoms with Crippen molar-refractivity contribution in [1.29, 1.82) is 0 Å². The highest BCUT2D eigenvalue weighted by molar-refractivity contribution is 6.35. The molecule has 0 aliphatic rings. The number of hydrogen-bond acceptors (Lipinski definition) is 3. The summed E-state index contributed by atoms with van der Waals surface area (Å²) in [7, 11) is 3.02. The molecule has 2 aromatic heterocycles. The van der Waals surface area contributed by atoms with E-state index >= 15 is 0 Å². The highest BCUT2D eigenvalue weighted by Crippen LogP contribution is 2.22. The lowest BCUT2D eigenvalue weighted by Crippen LogP contribution is -2.37. The van der Waals surface area contributed by atoms with Crippen LogP contribution < -0.4 is 11.2 Å². The topological polar surface area (TPSA) is 61.8 Å². The molecule has 0 aliphatic carbocycles. The average molecular weight is 339 g/mol. The van der Waals surface area contributed by atoms with E-state index < -0.39 is 5.69 Å². The fraction of sp³-hybridized carbons (Fsp3) is 0.214. The van der Waals surface area contributed by atoms with Crippen LogP contribution >= 0.6 is 23.2 Å². The van der Waals surface area contributed by atoms with E-state index in [1.54, 1.807) is 29.8 Å². The fourth-order valence-corrected chi connectivity index (χ4v) is 2.82. The molecule has 0 N–H and O–H groups in total. The average Bonchev–Trinajstić information content (AvgIpc) is 2.89. The summed E-state index contributed by atoms with van der Waals surface area (Å²) in [5, 5.41) is 1.05. The van der Waals surface area contributed by atoms with Gasteiger partial charge in [-0.05, 0) is 17.7 Å². The normalized spacial score (nSPS) is 11.3. The quantitative estimate of drug-likeness (QED) is 0.715. The first kappa shape index (κ1) is 14.9. The lowest BCUT2D eigenvalue weighted by molar-refractivity contribution is 0.702. The Balaban J connectivity index is 2.21. The first-order chi connectivity index (χ1) is 10.4. The number of hydrogen-bond donors (Lipinski definition) is 0. The molecular weight excluding hydrogens is 327 g/mol. The van der Waals surface area contributed by atoms with Crippen molar-refractivity contribution >= 4 is 34.4 Å². The van der Waals surface area contributed by atoms with Crippen molar-refractivity contribution < 1.29 is 0 Å². The maximum Gasteiger partial charge on any atom is 0.332 e. The smallest absolute Gasteiger partial charge is 0.320 e. The van der Waals surface area contributed by atoms with E-state index in [-0.39, 0.29) is 5.56 Å². The molecular formula is C14H12Cl2N4O2. The van der Waals surface area contributed by atoms with Gasteiger partial charge in [-0.3, -0.25) is 13.9 Å². The molecule has 0 aliphatic heterocycles. The third-order valence-electron chi connectivity index (χ3n) is 3.57. The van der Waals surface area contributed by atoms with Gasteiger partial charge in [0.15, 0.2) is 11.2 Å². The second-order valence-corrected chi connectivity index (χ2v) is 5.83. The summed E-state index contributed by atoms with van der Waals surface area (Å²) < 4.78 is 4.08. The Morgan fingerprint density at radius 3 is 2.55 bits per heavy atom. The minimum absolute atomic E-state index is 0.346. The zero-order valence-electron chi connectivity index (χ0n) is 11.9. The minimum atomic E-state index is -0.410. The van der Waals surface area contributed by atoms with Gasteiger partial charge in [0.1, 0.15) is 0 Å². The third kappa shape index (κ3) is 2.24. The standard InChI is InChI=1S/C14H12Cl2N4O2/c1-18-12-11(13(21)19(2)14(18)22)20(7-17-12)6-8-3-4-9(15)5-10(8)16/h3-5,7H,6H2,1-2H3. The molecule has 0 saturated heterocycles. The molecule has 0 bridgehead atoms. The van der Waals surface area contributed by atoms with E-state index in [0.717, 1.165) is 10.1 Å². The number of rotatable bonds is 2.